The largest absolute Gasteiger partial charge is 0.455 e. The molecule has 4 saturated carbocycles. The van der Waals surface area contributed by atoms with Crippen LogP contribution in [0.1, 0.15) is 39.0 Å². The van der Waals surface area contributed by atoms with E-state index in [1.165, 1.54) is 0 Å². The molecule has 1 saturated heterocycles. The molecule has 2 atom stereocenters. The average Bonchev–Trinajstić information content (AvgIpc) is 2.52. The van der Waals surface area contributed by atoms with Gasteiger partial charge in [0, 0.05) is 18.8 Å². The molecule has 5 rings (SSSR count). The Balaban J connectivity index is 1.54. The van der Waals surface area contributed by atoms with E-state index >= 15 is 0 Å². The van der Waals surface area contributed by atoms with Crippen LogP contribution in [0.2, 0.25) is 0 Å². The Morgan fingerprint density at radius 3 is 2.20 bits per heavy atom. The van der Waals surface area contributed by atoms with Crippen molar-refractivity contribution in [1.29, 1.82) is 0 Å². The number of hydrogen-bond acceptors (Lipinski definition) is 4. The fourth-order valence-corrected chi connectivity index (χ4v) is 5.38. The fraction of sp³-hybridized carbons (Fsp3) is 0.941. The minimum Gasteiger partial charge on any atom is -0.455 e. The first kappa shape index (κ1) is 17.5. The van der Waals surface area contributed by atoms with Gasteiger partial charge in [-0.15, -0.1) is 0 Å². The summed E-state index contributed by atoms with van der Waals surface area (Å²) in [5.41, 5.74) is -3.05. The number of halogens is 4. The molecular formula is C17H22F4O4. The lowest BCUT2D eigenvalue weighted by molar-refractivity contribution is -0.393. The summed E-state index contributed by atoms with van der Waals surface area (Å²) < 4.78 is 70.2. The highest BCUT2D eigenvalue weighted by Gasteiger charge is 2.67. The van der Waals surface area contributed by atoms with Crippen molar-refractivity contribution in [3.05, 3.63) is 0 Å². The number of carbonyl (C=O) groups excluding carboxylic acids is 1. The van der Waals surface area contributed by atoms with E-state index in [1.54, 1.807) is 0 Å². The summed E-state index contributed by atoms with van der Waals surface area (Å²) in [6, 6.07) is 0. The molecule has 0 amide bonds. The Morgan fingerprint density at radius 2 is 1.72 bits per heavy atom. The number of rotatable bonds is 3. The molecule has 4 bridgehead atoms. The van der Waals surface area contributed by atoms with Gasteiger partial charge < -0.3 is 14.2 Å². The van der Waals surface area contributed by atoms with Gasteiger partial charge >= 0.3 is 11.9 Å². The molecule has 4 nitrogen and oxygen atoms in total. The molecule has 0 radical (unpaired) electrons. The summed E-state index contributed by atoms with van der Waals surface area (Å²) in [6.07, 6.45) is 2.79. The Labute approximate surface area is 143 Å². The predicted molar refractivity (Wildman–Crippen MR) is 77.4 cm³/mol. The summed E-state index contributed by atoms with van der Waals surface area (Å²) in [5, 5.41) is 0. The number of carbonyl (C=O) groups is 1. The third-order valence-corrected chi connectivity index (χ3v) is 6.29. The first-order valence-electron chi connectivity index (χ1n) is 8.74. The first-order valence-corrected chi connectivity index (χ1v) is 8.74. The van der Waals surface area contributed by atoms with Gasteiger partial charge in [-0.25, -0.2) is 13.6 Å². The zero-order valence-corrected chi connectivity index (χ0v) is 14.0. The van der Waals surface area contributed by atoms with Gasteiger partial charge in [0.05, 0.1) is 13.2 Å². The van der Waals surface area contributed by atoms with Crippen molar-refractivity contribution in [3.8, 4) is 0 Å². The Kier molecular flexibility index (Phi) is 3.72. The van der Waals surface area contributed by atoms with Gasteiger partial charge in [-0.05, 0) is 38.0 Å². The Hall–Kier alpha value is -0.890. The maximum absolute atomic E-state index is 14.1. The van der Waals surface area contributed by atoms with E-state index in [9.17, 15) is 22.4 Å². The lowest BCUT2D eigenvalue weighted by Crippen LogP contribution is -2.69. The fourth-order valence-electron chi connectivity index (χ4n) is 5.38. The van der Waals surface area contributed by atoms with Gasteiger partial charge in [0.1, 0.15) is 12.3 Å². The Bertz CT molecular complexity index is 549. The maximum Gasteiger partial charge on any atom is 0.377 e. The monoisotopic (exact) mass is 366 g/mol. The summed E-state index contributed by atoms with van der Waals surface area (Å²) in [6.45, 7) is -1.39. The quantitative estimate of drug-likeness (QED) is 0.569. The molecule has 0 N–H and O–H groups in total. The lowest BCUT2D eigenvalue weighted by atomic mass is 9.51. The molecular weight excluding hydrogens is 344 g/mol. The number of hydrogen-bond donors (Lipinski definition) is 0. The number of alkyl halides is 4. The minimum absolute atomic E-state index is 0.166. The van der Waals surface area contributed by atoms with Gasteiger partial charge in [-0.2, -0.15) is 8.78 Å². The molecule has 0 aromatic heterocycles. The van der Waals surface area contributed by atoms with Crippen LogP contribution in [0.15, 0.2) is 0 Å². The van der Waals surface area contributed by atoms with Gasteiger partial charge in [-0.1, -0.05) is 0 Å². The van der Waals surface area contributed by atoms with E-state index in [0.717, 1.165) is 12.8 Å². The molecule has 4 aliphatic carbocycles. The molecule has 2 unspecified atom stereocenters. The normalized spacial score (nSPS) is 48.8. The summed E-state index contributed by atoms with van der Waals surface area (Å²) in [5.74, 6) is -6.14. The van der Waals surface area contributed by atoms with Crippen LogP contribution in [0, 0.1) is 17.8 Å². The van der Waals surface area contributed by atoms with E-state index in [1.807, 2.05) is 0 Å². The van der Waals surface area contributed by atoms with Crippen molar-refractivity contribution < 1.29 is 36.6 Å². The smallest absolute Gasteiger partial charge is 0.377 e. The average molecular weight is 366 g/mol. The van der Waals surface area contributed by atoms with Gasteiger partial charge in [-0.3, -0.25) is 0 Å². The van der Waals surface area contributed by atoms with Crippen LogP contribution in [-0.2, 0) is 19.0 Å². The van der Waals surface area contributed by atoms with Crippen LogP contribution in [0.5, 0.6) is 0 Å². The van der Waals surface area contributed by atoms with Crippen LogP contribution in [0.25, 0.3) is 0 Å². The van der Waals surface area contributed by atoms with Gasteiger partial charge in [0.25, 0.3) is 0 Å². The predicted octanol–water partition coefficient (Wildman–Crippen LogP) is 3.18. The van der Waals surface area contributed by atoms with Crippen LogP contribution in [0.4, 0.5) is 17.6 Å². The van der Waals surface area contributed by atoms with E-state index in [0.29, 0.717) is 26.2 Å². The van der Waals surface area contributed by atoms with E-state index in [4.69, 9.17) is 14.2 Å². The van der Waals surface area contributed by atoms with Crippen molar-refractivity contribution >= 4 is 5.97 Å². The zero-order valence-electron chi connectivity index (χ0n) is 14.0. The number of esters is 1. The molecule has 5 fully saturated rings. The summed E-state index contributed by atoms with van der Waals surface area (Å²) in [7, 11) is 0. The second kappa shape index (κ2) is 5.31. The van der Waals surface area contributed by atoms with Gasteiger partial charge in [0.15, 0.2) is 11.5 Å². The highest BCUT2D eigenvalue weighted by molar-refractivity contribution is 5.77. The highest BCUT2D eigenvalue weighted by atomic mass is 19.3. The van der Waals surface area contributed by atoms with Crippen molar-refractivity contribution in [2.75, 3.05) is 19.9 Å². The molecule has 1 aliphatic heterocycles. The molecule has 8 heteroatoms. The topological polar surface area (TPSA) is 44.8 Å². The third kappa shape index (κ3) is 2.67. The summed E-state index contributed by atoms with van der Waals surface area (Å²) in [4.78, 5) is 11.7. The van der Waals surface area contributed by atoms with E-state index in [-0.39, 0.29) is 31.0 Å². The molecule has 142 valence electrons. The van der Waals surface area contributed by atoms with Gasteiger partial charge in [0.2, 0.25) is 0 Å². The van der Waals surface area contributed by atoms with Crippen LogP contribution in [0.3, 0.4) is 0 Å². The lowest BCUT2D eigenvalue weighted by Gasteiger charge is -2.64. The standard InChI is InChI=1S/C17H22F4O4/c1-14(19,20)13(22)25-16-4-10-2-11(5-16)17(12(3-10)6-16)23-8-15(21,7-18)9-24-17/h10-12H,2-9H2,1H3. The molecule has 1 heterocycles. The maximum atomic E-state index is 14.1. The van der Waals surface area contributed by atoms with Crippen molar-refractivity contribution in [2.24, 2.45) is 17.8 Å². The van der Waals surface area contributed by atoms with Crippen molar-refractivity contribution in [2.45, 2.75) is 62.0 Å². The van der Waals surface area contributed by atoms with E-state index < -0.39 is 35.6 Å². The van der Waals surface area contributed by atoms with Crippen LogP contribution in [-0.4, -0.2) is 48.8 Å². The minimum atomic E-state index is -3.53. The van der Waals surface area contributed by atoms with Crippen molar-refractivity contribution in [3.63, 3.8) is 0 Å². The zero-order chi connectivity index (χ0) is 18.1. The second-order valence-electron chi connectivity index (χ2n) is 8.39. The molecule has 0 aromatic rings. The van der Waals surface area contributed by atoms with Crippen molar-refractivity contribution in [1.82, 2.24) is 0 Å². The molecule has 0 aromatic carbocycles. The number of ether oxygens (including phenoxy) is 3. The van der Waals surface area contributed by atoms with E-state index in [2.05, 4.69) is 0 Å². The van der Waals surface area contributed by atoms with Crippen LogP contribution < -0.4 is 0 Å². The van der Waals surface area contributed by atoms with Crippen LogP contribution >= 0.6 is 0 Å². The molecule has 5 aliphatic rings. The Morgan fingerprint density at radius 1 is 1.16 bits per heavy atom. The second-order valence-corrected chi connectivity index (χ2v) is 8.39. The molecule has 25 heavy (non-hydrogen) atoms. The SMILES string of the molecule is CC(F)(F)C(=O)OC12CC3CC(C1)C1(OCC(F)(CF)CO1)C(C3)C2. The first-order chi connectivity index (χ1) is 11.6. The third-order valence-electron chi connectivity index (χ3n) is 6.29. The molecule has 1 spiro atoms. The highest BCUT2D eigenvalue weighted by Crippen LogP contribution is 2.63. The summed E-state index contributed by atoms with van der Waals surface area (Å²) >= 11 is 0.